The van der Waals surface area contributed by atoms with Crippen LogP contribution in [0.3, 0.4) is 0 Å². The van der Waals surface area contributed by atoms with Crippen molar-refractivity contribution in [3.63, 3.8) is 0 Å². The van der Waals surface area contributed by atoms with E-state index >= 15 is 0 Å². The van der Waals surface area contributed by atoms with E-state index in [4.69, 9.17) is 4.74 Å². The van der Waals surface area contributed by atoms with Gasteiger partial charge in [0, 0.05) is 34.5 Å². The number of unbranched alkanes of at least 4 members (excludes halogenated alkanes) is 2. The van der Waals surface area contributed by atoms with Gasteiger partial charge >= 0.3 is 6.18 Å². The maximum absolute atomic E-state index is 13.4. The lowest BCUT2D eigenvalue weighted by Crippen LogP contribution is -2.23. The maximum Gasteiger partial charge on any atom is 0.416 e. The smallest absolute Gasteiger partial charge is 0.416 e. The summed E-state index contributed by atoms with van der Waals surface area (Å²) in [4.78, 5) is 15.5. The zero-order chi connectivity index (χ0) is 24.4. The van der Waals surface area contributed by atoms with Crippen LogP contribution in [0.15, 0.2) is 70.5 Å². The molecule has 3 aromatic carbocycles. The Morgan fingerprint density at radius 3 is 2.60 bits per heavy atom. The van der Waals surface area contributed by atoms with Gasteiger partial charge in [0.05, 0.1) is 23.5 Å². The van der Waals surface area contributed by atoms with Crippen LogP contribution < -0.4 is 15.0 Å². The lowest BCUT2D eigenvalue weighted by atomic mass is 10.0. The molecule has 0 fully saturated rings. The number of hydrogen-bond donors (Lipinski definition) is 1. The van der Waals surface area contributed by atoms with Crippen LogP contribution in [0.4, 0.5) is 30.2 Å². The van der Waals surface area contributed by atoms with Crippen molar-refractivity contribution in [2.24, 2.45) is 0 Å². The molecule has 3 aromatic rings. The standard InChI is InChI=1S/C27H25F3N2O2S/c28-27(29,30)19-10-12-25-23(16-19)32(22-6-2-3-7-24(22)35-25)14-4-1-5-15-34-20-11-8-18-9-13-26(33)31-21(18)17-20/h2-3,6-8,10-12,16-17H,1,4-5,9,13-15H2,(H,31,33). The van der Waals surface area contributed by atoms with Crippen LogP contribution in [0.5, 0.6) is 5.75 Å². The Balaban J connectivity index is 1.19. The largest absolute Gasteiger partial charge is 0.494 e. The van der Waals surface area contributed by atoms with Gasteiger partial charge in [-0.05, 0) is 67.6 Å². The Morgan fingerprint density at radius 2 is 1.74 bits per heavy atom. The molecule has 1 N–H and O–H groups in total. The van der Waals surface area contributed by atoms with Gasteiger partial charge in [0.1, 0.15) is 5.75 Å². The molecule has 0 aromatic heterocycles. The highest BCUT2D eigenvalue weighted by Gasteiger charge is 2.33. The SMILES string of the molecule is O=C1CCc2ccc(OCCCCCN3c4ccccc4Sc4ccc(C(F)(F)F)cc43)cc2N1. The summed E-state index contributed by atoms with van der Waals surface area (Å²) in [5.41, 5.74) is 2.85. The summed E-state index contributed by atoms with van der Waals surface area (Å²) in [6.45, 7) is 1.16. The fourth-order valence-electron chi connectivity index (χ4n) is 4.43. The van der Waals surface area contributed by atoms with Crippen molar-refractivity contribution >= 4 is 34.7 Å². The number of carbonyl (C=O) groups excluding carboxylic acids is 1. The maximum atomic E-state index is 13.4. The highest BCUT2D eigenvalue weighted by Crippen LogP contribution is 2.49. The molecule has 2 aliphatic heterocycles. The number of carbonyl (C=O) groups is 1. The van der Waals surface area contributed by atoms with Crippen LogP contribution >= 0.6 is 11.8 Å². The van der Waals surface area contributed by atoms with Gasteiger partial charge in [0.15, 0.2) is 0 Å². The molecular weight excluding hydrogens is 473 g/mol. The van der Waals surface area contributed by atoms with E-state index in [2.05, 4.69) is 5.32 Å². The predicted octanol–water partition coefficient (Wildman–Crippen LogP) is 7.44. The molecule has 35 heavy (non-hydrogen) atoms. The van der Waals surface area contributed by atoms with Crippen molar-refractivity contribution in [3.05, 3.63) is 71.8 Å². The van der Waals surface area contributed by atoms with E-state index in [9.17, 15) is 18.0 Å². The Labute approximate surface area is 206 Å². The highest BCUT2D eigenvalue weighted by atomic mass is 32.2. The van der Waals surface area contributed by atoms with Crippen LogP contribution in [0.1, 0.15) is 36.8 Å². The van der Waals surface area contributed by atoms with E-state index in [1.807, 2.05) is 47.4 Å². The third-order valence-electron chi connectivity index (χ3n) is 6.22. The molecule has 4 nitrogen and oxygen atoms in total. The molecule has 5 rings (SSSR count). The number of halogens is 3. The van der Waals surface area contributed by atoms with Crippen molar-refractivity contribution < 1.29 is 22.7 Å². The van der Waals surface area contributed by atoms with E-state index in [0.29, 0.717) is 25.3 Å². The Morgan fingerprint density at radius 1 is 0.914 bits per heavy atom. The van der Waals surface area contributed by atoms with Crippen molar-refractivity contribution in [3.8, 4) is 5.75 Å². The fourth-order valence-corrected chi connectivity index (χ4v) is 5.50. The van der Waals surface area contributed by atoms with Crippen molar-refractivity contribution in [2.45, 2.75) is 48.1 Å². The summed E-state index contributed by atoms with van der Waals surface area (Å²) >= 11 is 1.51. The molecule has 1 amide bonds. The normalized spacial score (nSPS) is 14.6. The Kier molecular flexibility index (Phi) is 6.65. The summed E-state index contributed by atoms with van der Waals surface area (Å²) in [6.07, 6.45) is -0.606. The topological polar surface area (TPSA) is 41.6 Å². The Hall–Kier alpha value is -3.13. The van der Waals surface area contributed by atoms with E-state index in [-0.39, 0.29) is 5.91 Å². The molecule has 8 heteroatoms. The van der Waals surface area contributed by atoms with Gasteiger partial charge < -0.3 is 15.0 Å². The van der Waals surface area contributed by atoms with Crippen LogP contribution in [0, 0.1) is 0 Å². The number of benzene rings is 3. The molecule has 0 unspecified atom stereocenters. The summed E-state index contributed by atoms with van der Waals surface area (Å²) in [6, 6.07) is 17.6. The lowest BCUT2D eigenvalue weighted by molar-refractivity contribution is -0.137. The number of fused-ring (bicyclic) bond motifs is 3. The monoisotopic (exact) mass is 498 g/mol. The van der Waals surface area contributed by atoms with Crippen molar-refractivity contribution in [1.82, 2.24) is 0 Å². The molecule has 0 saturated carbocycles. The molecule has 182 valence electrons. The summed E-state index contributed by atoms with van der Waals surface area (Å²) in [5, 5.41) is 2.88. The number of alkyl halides is 3. The molecule has 0 bridgehead atoms. The number of ether oxygens (including phenoxy) is 1. The van der Waals surface area contributed by atoms with Gasteiger partial charge in [0.2, 0.25) is 5.91 Å². The molecule has 0 aliphatic carbocycles. The van der Waals surface area contributed by atoms with Crippen molar-refractivity contribution in [2.75, 3.05) is 23.4 Å². The lowest BCUT2D eigenvalue weighted by Gasteiger charge is -2.33. The van der Waals surface area contributed by atoms with Crippen LogP contribution in [-0.2, 0) is 17.4 Å². The number of nitrogens with zero attached hydrogens (tertiary/aromatic N) is 1. The van der Waals surface area contributed by atoms with Gasteiger partial charge in [-0.1, -0.05) is 30.0 Å². The van der Waals surface area contributed by atoms with Crippen LogP contribution in [0.2, 0.25) is 0 Å². The summed E-state index contributed by atoms with van der Waals surface area (Å²) in [5.74, 6) is 0.748. The molecule has 0 spiro atoms. The first-order valence-corrected chi connectivity index (χ1v) is 12.5. The quantitative estimate of drug-likeness (QED) is 0.344. The number of para-hydroxylation sites is 1. The second kappa shape index (κ2) is 9.85. The van der Waals surface area contributed by atoms with Crippen LogP contribution in [0.25, 0.3) is 0 Å². The first-order chi connectivity index (χ1) is 16.9. The second-order valence-corrected chi connectivity index (χ2v) is 9.76. The molecule has 0 saturated heterocycles. The fraction of sp³-hybridized carbons (Fsp3) is 0.296. The average molecular weight is 499 g/mol. The molecule has 2 aliphatic rings. The van der Waals surface area contributed by atoms with Crippen LogP contribution in [-0.4, -0.2) is 19.1 Å². The van der Waals surface area contributed by atoms with Gasteiger partial charge in [-0.3, -0.25) is 4.79 Å². The number of rotatable bonds is 7. The first kappa shape index (κ1) is 23.6. The minimum Gasteiger partial charge on any atom is -0.494 e. The second-order valence-electron chi connectivity index (χ2n) is 8.68. The van der Waals surface area contributed by atoms with Crippen molar-refractivity contribution in [1.29, 1.82) is 0 Å². The first-order valence-electron chi connectivity index (χ1n) is 11.7. The van der Waals surface area contributed by atoms with E-state index in [1.54, 1.807) is 6.07 Å². The van der Waals surface area contributed by atoms with Gasteiger partial charge in [-0.15, -0.1) is 0 Å². The van der Waals surface area contributed by atoms with E-state index in [1.165, 1.54) is 17.8 Å². The molecule has 2 heterocycles. The average Bonchev–Trinajstić information content (AvgIpc) is 2.84. The van der Waals surface area contributed by atoms with Gasteiger partial charge in [-0.25, -0.2) is 0 Å². The molecule has 0 atom stereocenters. The highest BCUT2D eigenvalue weighted by molar-refractivity contribution is 7.99. The van der Waals surface area contributed by atoms with Gasteiger partial charge in [-0.2, -0.15) is 13.2 Å². The number of nitrogens with one attached hydrogen (secondary N) is 1. The van der Waals surface area contributed by atoms with E-state index < -0.39 is 11.7 Å². The zero-order valence-corrected chi connectivity index (χ0v) is 19.8. The van der Waals surface area contributed by atoms with Gasteiger partial charge in [0.25, 0.3) is 0 Å². The zero-order valence-electron chi connectivity index (χ0n) is 19.0. The minimum absolute atomic E-state index is 0.0243. The Bertz CT molecular complexity index is 1250. The minimum atomic E-state index is -4.38. The molecular formula is C27H25F3N2O2S. The number of anilines is 3. The van der Waals surface area contributed by atoms with E-state index in [0.717, 1.165) is 64.2 Å². The predicted molar refractivity (Wildman–Crippen MR) is 132 cm³/mol. The number of amides is 1. The molecule has 0 radical (unpaired) electrons. The summed E-state index contributed by atoms with van der Waals surface area (Å²) < 4.78 is 46.0. The third-order valence-corrected chi connectivity index (χ3v) is 7.35. The number of aryl methyl sites for hydroxylation is 1. The summed E-state index contributed by atoms with van der Waals surface area (Å²) in [7, 11) is 0. The number of hydrogen-bond acceptors (Lipinski definition) is 4. The third kappa shape index (κ3) is 5.27.